The van der Waals surface area contributed by atoms with Crippen molar-refractivity contribution in [2.75, 3.05) is 26.9 Å². The molecule has 0 bridgehead atoms. The zero-order valence-electron chi connectivity index (χ0n) is 11.8. The first-order valence-electron chi connectivity index (χ1n) is 7.00. The Morgan fingerprint density at radius 2 is 2.28 bits per heavy atom. The average Bonchev–Trinajstić information content (AvgIpc) is 2.85. The van der Waals surface area contributed by atoms with Crippen LogP contribution >= 0.6 is 0 Å². The maximum absolute atomic E-state index is 10.6. The molecular formula is C14H26O4. The summed E-state index contributed by atoms with van der Waals surface area (Å²) in [6, 6.07) is 0. The van der Waals surface area contributed by atoms with Gasteiger partial charge in [0.25, 0.3) is 0 Å². The Balaban J connectivity index is 2.04. The SMILES string of the molecule is CCC(C)(OC)C(O)C1CCOC2(CCOC2)C1. The van der Waals surface area contributed by atoms with Gasteiger partial charge in [-0.2, -0.15) is 0 Å². The van der Waals surface area contributed by atoms with E-state index in [-0.39, 0.29) is 11.5 Å². The molecule has 4 unspecified atom stereocenters. The van der Waals surface area contributed by atoms with Crippen LogP contribution in [0.15, 0.2) is 0 Å². The molecule has 0 aromatic heterocycles. The first kappa shape index (κ1) is 14.3. The molecule has 4 atom stereocenters. The van der Waals surface area contributed by atoms with E-state index in [4.69, 9.17) is 14.2 Å². The fourth-order valence-corrected chi connectivity index (χ4v) is 3.17. The van der Waals surface area contributed by atoms with Gasteiger partial charge in [0.15, 0.2) is 0 Å². The smallest absolute Gasteiger partial charge is 0.0940 e. The monoisotopic (exact) mass is 258 g/mol. The van der Waals surface area contributed by atoms with Crippen molar-refractivity contribution in [3.05, 3.63) is 0 Å². The largest absolute Gasteiger partial charge is 0.390 e. The summed E-state index contributed by atoms with van der Waals surface area (Å²) < 4.78 is 16.9. The Bertz CT molecular complexity index is 269. The van der Waals surface area contributed by atoms with Gasteiger partial charge < -0.3 is 19.3 Å². The third kappa shape index (κ3) is 2.57. The number of aliphatic hydroxyl groups is 1. The van der Waals surface area contributed by atoms with Crippen LogP contribution in [-0.2, 0) is 14.2 Å². The van der Waals surface area contributed by atoms with Crippen LogP contribution in [0.1, 0.15) is 39.5 Å². The molecule has 0 saturated carbocycles. The molecule has 2 aliphatic heterocycles. The molecule has 2 aliphatic rings. The van der Waals surface area contributed by atoms with Crippen molar-refractivity contribution in [2.24, 2.45) is 5.92 Å². The van der Waals surface area contributed by atoms with Gasteiger partial charge in [-0.25, -0.2) is 0 Å². The molecular weight excluding hydrogens is 232 g/mol. The lowest BCUT2D eigenvalue weighted by Crippen LogP contribution is -2.51. The van der Waals surface area contributed by atoms with Crippen LogP contribution in [0.3, 0.4) is 0 Å². The standard InChI is InChI=1S/C14H26O4/c1-4-13(2,16-3)12(15)11-5-7-18-14(9-11)6-8-17-10-14/h11-12,15H,4-10H2,1-3H3. The molecule has 1 spiro atoms. The van der Waals surface area contributed by atoms with E-state index in [0.29, 0.717) is 13.2 Å². The third-order valence-electron chi connectivity index (χ3n) is 4.84. The molecule has 4 nitrogen and oxygen atoms in total. The predicted octanol–water partition coefficient (Wildman–Crippen LogP) is 1.75. The Kier molecular flexibility index (Phi) is 4.32. The first-order valence-corrected chi connectivity index (χ1v) is 7.00. The lowest BCUT2D eigenvalue weighted by atomic mass is 9.76. The van der Waals surface area contributed by atoms with Crippen LogP contribution in [0, 0.1) is 5.92 Å². The van der Waals surface area contributed by atoms with Gasteiger partial charge >= 0.3 is 0 Å². The molecule has 2 rings (SSSR count). The summed E-state index contributed by atoms with van der Waals surface area (Å²) in [7, 11) is 1.68. The second-order valence-corrected chi connectivity index (χ2v) is 5.90. The minimum Gasteiger partial charge on any atom is -0.390 e. The second-order valence-electron chi connectivity index (χ2n) is 5.90. The molecule has 0 aromatic rings. The van der Waals surface area contributed by atoms with Gasteiger partial charge in [0.2, 0.25) is 0 Å². The topological polar surface area (TPSA) is 47.9 Å². The maximum Gasteiger partial charge on any atom is 0.0940 e. The summed E-state index contributed by atoms with van der Waals surface area (Å²) in [6.45, 7) is 6.21. The number of methoxy groups -OCH3 is 1. The number of aliphatic hydroxyl groups excluding tert-OH is 1. The molecule has 106 valence electrons. The van der Waals surface area contributed by atoms with Gasteiger partial charge in [-0.1, -0.05) is 6.92 Å². The summed E-state index contributed by atoms with van der Waals surface area (Å²) in [5, 5.41) is 10.6. The minimum absolute atomic E-state index is 0.147. The van der Waals surface area contributed by atoms with Crippen LogP contribution in [0.2, 0.25) is 0 Å². The highest BCUT2D eigenvalue weighted by Gasteiger charge is 2.46. The molecule has 0 amide bonds. The molecule has 2 saturated heterocycles. The van der Waals surface area contributed by atoms with Gasteiger partial charge in [-0.15, -0.1) is 0 Å². The molecule has 4 heteroatoms. The number of hydrogen-bond donors (Lipinski definition) is 1. The summed E-state index contributed by atoms with van der Waals surface area (Å²) in [5.74, 6) is 0.241. The zero-order chi connectivity index (χ0) is 13.2. The van der Waals surface area contributed by atoms with Crippen LogP contribution in [0.4, 0.5) is 0 Å². The molecule has 2 heterocycles. The number of hydrogen-bond acceptors (Lipinski definition) is 4. The summed E-state index contributed by atoms with van der Waals surface area (Å²) in [6.07, 6.45) is 3.11. The minimum atomic E-state index is -0.456. The highest BCUT2D eigenvalue weighted by molar-refractivity contribution is 4.96. The van der Waals surface area contributed by atoms with E-state index >= 15 is 0 Å². The quantitative estimate of drug-likeness (QED) is 0.834. The van der Waals surface area contributed by atoms with E-state index in [1.165, 1.54) is 0 Å². The Labute approximate surface area is 110 Å². The Morgan fingerprint density at radius 1 is 1.50 bits per heavy atom. The van der Waals surface area contributed by atoms with E-state index in [2.05, 4.69) is 6.92 Å². The third-order valence-corrected chi connectivity index (χ3v) is 4.84. The van der Waals surface area contributed by atoms with Crippen LogP contribution < -0.4 is 0 Å². The normalized spacial score (nSPS) is 37.7. The molecule has 2 fully saturated rings. The second kappa shape index (κ2) is 5.45. The van der Waals surface area contributed by atoms with Crippen molar-refractivity contribution in [3.63, 3.8) is 0 Å². The molecule has 0 aromatic carbocycles. The average molecular weight is 258 g/mol. The fraction of sp³-hybridized carbons (Fsp3) is 1.00. The van der Waals surface area contributed by atoms with Crippen molar-refractivity contribution in [1.82, 2.24) is 0 Å². The molecule has 1 N–H and O–H groups in total. The van der Waals surface area contributed by atoms with E-state index in [9.17, 15) is 5.11 Å². The van der Waals surface area contributed by atoms with Gasteiger partial charge in [-0.05, 0) is 32.1 Å². The van der Waals surface area contributed by atoms with Gasteiger partial charge in [0.05, 0.1) is 23.9 Å². The molecule has 0 radical (unpaired) electrons. The predicted molar refractivity (Wildman–Crippen MR) is 68.6 cm³/mol. The fourth-order valence-electron chi connectivity index (χ4n) is 3.17. The zero-order valence-corrected chi connectivity index (χ0v) is 11.8. The lowest BCUT2D eigenvalue weighted by molar-refractivity contribution is -0.162. The molecule has 18 heavy (non-hydrogen) atoms. The van der Waals surface area contributed by atoms with Crippen molar-refractivity contribution in [3.8, 4) is 0 Å². The lowest BCUT2D eigenvalue weighted by Gasteiger charge is -2.43. The van der Waals surface area contributed by atoms with Crippen LogP contribution in [0.25, 0.3) is 0 Å². The first-order chi connectivity index (χ1) is 8.55. The van der Waals surface area contributed by atoms with Gasteiger partial charge in [-0.3, -0.25) is 0 Å². The summed E-state index contributed by atoms with van der Waals surface area (Å²) >= 11 is 0. The van der Waals surface area contributed by atoms with E-state index in [0.717, 1.165) is 32.3 Å². The van der Waals surface area contributed by atoms with Crippen LogP contribution in [0.5, 0.6) is 0 Å². The van der Waals surface area contributed by atoms with Crippen molar-refractivity contribution in [2.45, 2.75) is 56.8 Å². The van der Waals surface area contributed by atoms with Crippen molar-refractivity contribution >= 4 is 0 Å². The van der Waals surface area contributed by atoms with Crippen molar-refractivity contribution < 1.29 is 19.3 Å². The van der Waals surface area contributed by atoms with Crippen LogP contribution in [-0.4, -0.2) is 49.3 Å². The van der Waals surface area contributed by atoms with E-state index in [1.807, 2.05) is 6.92 Å². The van der Waals surface area contributed by atoms with E-state index < -0.39 is 11.7 Å². The van der Waals surface area contributed by atoms with Gasteiger partial charge in [0, 0.05) is 26.7 Å². The highest BCUT2D eigenvalue weighted by Crippen LogP contribution is 2.40. The Hall–Kier alpha value is -0.160. The van der Waals surface area contributed by atoms with E-state index in [1.54, 1.807) is 7.11 Å². The highest BCUT2D eigenvalue weighted by atomic mass is 16.6. The number of rotatable bonds is 4. The number of ether oxygens (including phenoxy) is 3. The summed E-state index contributed by atoms with van der Waals surface area (Å²) in [5.41, 5.74) is -0.602. The van der Waals surface area contributed by atoms with Gasteiger partial charge in [0.1, 0.15) is 0 Å². The molecule has 0 aliphatic carbocycles. The van der Waals surface area contributed by atoms with Crippen molar-refractivity contribution in [1.29, 1.82) is 0 Å². The maximum atomic E-state index is 10.6. The Morgan fingerprint density at radius 3 is 2.83 bits per heavy atom. The summed E-state index contributed by atoms with van der Waals surface area (Å²) in [4.78, 5) is 0.